The van der Waals surface area contributed by atoms with Crippen LogP contribution >= 0.6 is 11.3 Å². The average Bonchev–Trinajstić information content (AvgIpc) is 2.85. The largest absolute Gasteiger partial charge is 0.391 e. The second kappa shape index (κ2) is 4.97. The van der Waals surface area contributed by atoms with Gasteiger partial charge >= 0.3 is 0 Å². The summed E-state index contributed by atoms with van der Waals surface area (Å²) in [7, 11) is 0. The molecule has 0 aromatic carbocycles. The average molecular weight is 289 g/mol. The smallest absolute Gasteiger partial charge is 0.141 e. The van der Waals surface area contributed by atoms with Crippen LogP contribution in [-0.2, 0) is 12.8 Å². The van der Waals surface area contributed by atoms with Crippen LogP contribution in [0.3, 0.4) is 0 Å². The molecular weight excluding hydrogens is 270 g/mol. The van der Waals surface area contributed by atoms with Gasteiger partial charge in [-0.2, -0.15) is 0 Å². The zero-order valence-electron chi connectivity index (χ0n) is 11.5. The molecule has 0 radical (unpaired) electrons. The highest BCUT2D eigenvalue weighted by Crippen LogP contribution is 2.39. The number of hydrogen-bond donors (Lipinski definition) is 1. The van der Waals surface area contributed by atoms with Crippen molar-refractivity contribution in [3.63, 3.8) is 0 Å². The van der Waals surface area contributed by atoms with Crippen molar-refractivity contribution in [3.05, 3.63) is 16.8 Å². The SMILES string of the molecule is O[C@H]1CCCN(c2ncnc3sc4c(c23)CCCC4)C1. The van der Waals surface area contributed by atoms with Crippen LogP contribution in [0.5, 0.6) is 0 Å². The lowest BCUT2D eigenvalue weighted by Crippen LogP contribution is -2.38. The molecule has 2 aromatic heterocycles. The molecule has 106 valence electrons. The predicted octanol–water partition coefficient (Wildman–Crippen LogP) is 2.53. The van der Waals surface area contributed by atoms with Gasteiger partial charge in [0.15, 0.2) is 0 Å². The Morgan fingerprint density at radius 2 is 2.10 bits per heavy atom. The minimum atomic E-state index is -0.219. The number of anilines is 1. The van der Waals surface area contributed by atoms with E-state index in [4.69, 9.17) is 0 Å². The number of fused-ring (bicyclic) bond motifs is 3. The number of piperidine rings is 1. The first kappa shape index (κ1) is 12.5. The summed E-state index contributed by atoms with van der Waals surface area (Å²) in [5.41, 5.74) is 1.48. The summed E-state index contributed by atoms with van der Waals surface area (Å²) in [5.74, 6) is 1.05. The molecule has 4 rings (SSSR count). The predicted molar refractivity (Wildman–Crippen MR) is 81.5 cm³/mol. The summed E-state index contributed by atoms with van der Waals surface area (Å²) in [4.78, 5) is 13.9. The molecular formula is C15H19N3OS. The molecule has 2 aliphatic rings. The van der Waals surface area contributed by atoms with Crippen molar-refractivity contribution in [2.75, 3.05) is 18.0 Å². The molecule has 1 saturated heterocycles. The normalized spacial score (nSPS) is 23.1. The zero-order valence-corrected chi connectivity index (χ0v) is 12.3. The molecule has 1 atom stereocenters. The lowest BCUT2D eigenvalue weighted by atomic mass is 9.96. The monoisotopic (exact) mass is 289 g/mol. The van der Waals surface area contributed by atoms with Crippen LogP contribution < -0.4 is 4.90 Å². The lowest BCUT2D eigenvalue weighted by Gasteiger charge is -2.31. The number of nitrogens with zero attached hydrogens (tertiary/aromatic N) is 3. The van der Waals surface area contributed by atoms with Crippen LogP contribution in [0.2, 0.25) is 0 Å². The van der Waals surface area contributed by atoms with E-state index < -0.39 is 0 Å². The molecule has 0 spiro atoms. The molecule has 4 nitrogen and oxygen atoms in total. The molecule has 0 saturated carbocycles. The quantitative estimate of drug-likeness (QED) is 0.876. The van der Waals surface area contributed by atoms with Crippen LogP contribution in [-0.4, -0.2) is 34.3 Å². The van der Waals surface area contributed by atoms with Gasteiger partial charge in [-0.05, 0) is 44.1 Å². The number of aryl methyl sites for hydroxylation is 2. The highest BCUT2D eigenvalue weighted by molar-refractivity contribution is 7.19. The van der Waals surface area contributed by atoms with E-state index in [9.17, 15) is 5.11 Å². The van der Waals surface area contributed by atoms with Gasteiger partial charge in [0, 0.05) is 18.0 Å². The van der Waals surface area contributed by atoms with E-state index in [1.165, 1.54) is 35.1 Å². The van der Waals surface area contributed by atoms with Crippen molar-refractivity contribution in [2.24, 2.45) is 0 Å². The van der Waals surface area contributed by atoms with E-state index in [0.717, 1.165) is 36.5 Å². The summed E-state index contributed by atoms with van der Waals surface area (Å²) in [6, 6.07) is 0. The molecule has 5 heteroatoms. The third kappa shape index (κ3) is 2.00. The Bertz CT molecular complexity index is 639. The molecule has 0 amide bonds. The molecule has 2 aromatic rings. The Morgan fingerprint density at radius 1 is 1.20 bits per heavy atom. The Hall–Kier alpha value is -1.20. The number of aliphatic hydroxyl groups excluding tert-OH is 1. The van der Waals surface area contributed by atoms with Crippen molar-refractivity contribution < 1.29 is 5.11 Å². The van der Waals surface area contributed by atoms with Crippen LogP contribution in [0.1, 0.15) is 36.1 Å². The van der Waals surface area contributed by atoms with Gasteiger partial charge in [-0.1, -0.05) is 0 Å². The Labute approximate surface area is 122 Å². The second-order valence-electron chi connectivity index (χ2n) is 5.83. The summed E-state index contributed by atoms with van der Waals surface area (Å²) in [5, 5.41) is 11.2. The van der Waals surface area contributed by atoms with Crippen molar-refractivity contribution >= 4 is 27.4 Å². The molecule has 0 unspecified atom stereocenters. The summed E-state index contributed by atoms with van der Waals surface area (Å²) in [6.45, 7) is 1.70. The maximum atomic E-state index is 9.92. The Balaban J connectivity index is 1.84. The minimum absolute atomic E-state index is 0.219. The van der Waals surface area contributed by atoms with Gasteiger partial charge in [-0.15, -0.1) is 11.3 Å². The van der Waals surface area contributed by atoms with Gasteiger partial charge in [0.1, 0.15) is 17.0 Å². The molecule has 1 fully saturated rings. The Kier molecular flexibility index (Phi) is 3.11. The molecule has 20 heavy (non-hydrogen) atoms. The van der Waals surface area contributed by atoms with Crippen molar-refractivity contribution in [3.8, 4) is 0 Å². The fourth-order valence-corrected chi connectivity index (χ4v) is 4.68. The van der Waals surface area contributed by atoms with Crippen LogP contribution in [0.4, 0.5) is 5.82 Å². The molecule has 1 aliphatic carbocycles. The van der Waals surface area contributed by atoms with Crippen molar-refractivity contribution in [1.82, 2.24) is 9.97 Å². The highest BCUT2D eigenvalue weighted by Gasteiger charge is 2.25. The summed E-state index contributed by atoms with van der Waals surface area (Å²) in [6.07, 6.45) is 8.33. The number of rotatable bonds is 1. The lowest BCUT2D eigenvalue weighted by molar-refractivity contribution is 0.154. The maximum absolute atomic E-state index is 9.92. The molecule has 3 heterocycles. The van der Waals surface area contributed by atoms with Crippen LogP contribution in [0.25, 0.3) is 10.2 Å². The topological polar surface area (TPSA) is 49.2 Å². The molecule has 1 aliphatic heterocycles. The zero-order chi connectivity index (χ0) is 13.5. The Morgan fingerprint density at radius 3 is 3.00 bits per heavy atom. The second-order valence-corrected chi connectivity index (χ2v) is 6.91. The third-order valence-corrected chi connectivity index (χ3v) is 5.63. The van der Waals surface area contributed by atoms with E-state index >= 15 is 0 Å². The molecule has 0 bridgehead atoms. The molecule has 1 N–H and O–H groups in total. The number of thiophene rings is 1. The highest BCUT2D eigenvalue weighted by atomic mass is 32.1. The van der Waals surface area contributed by atoms with Gasteiger partial charge in [0.2, 0.25) is 0 Å². The number of β-amino-alcohol motifs (C(OH)–C–C–N with tert-alkyl or cyclic N) is 1. The third-order valence-electron chi connectivity index (χ3n) is 4.43. The van der Waals surface area contributed by atoms with Gasteiger partial charge in [-0.25, -0.2) is 9.97 Å². The first-order chi connectivity index (χ1) is 9.83. The summed E-state index contributed by atoms with van der Waals surface area (Å²) < 4.78 is 0. The van der Waals surface area contributed by atoms with Gasteiger partial charge < -0.3 is 10.0 Å². The van der Waals surface area contributed by atoms with E-state index in [-0.39, 0.29) is 6.10 Å². The van der Waals surface area contributed by atoms with Gasteiger partial charge in [0.25, 0.3) is 0 Å². The van der Waals surface area contributed by atoms with Crippen molar-refractivity contribution in [1.29, 1.82) is 0 Å². The van der Waals surface area contributed by atoms with E-state index in [1.54, 1.807) is 6.33 Å². The summed E-state index contributed by atoms with van der Waals surface area (Å²) >= 11 is 1.84. The van der Waals surface area contributed by atoms with E-state index in [2.05, 4.69) is 14.9 Å². The van der Waals surface area contributed by atoms with Gasteiger partial charge in [0.05, 0.1) is 11.5 Å². The fourth-order valence-electron chi connectivity index (χ4n) is 3.46. The van der Waals surface area contributed by atoms with Gasteiger partial charge in [-0.3, -0.25) is 0 Å². The first-order valence-electron chi connectivity index (χ1n) is 7.51. The van der Waals surface area contributed by atoms with Crippen LogP contribution in [0, 0.1) is 0 Å². The number of hydrogen-bond acceptors (Lipinski definition) is 5. The first-order valence-corrected chi connectivity index (χ1v) is 8.33. The minimum Gasteiger partial charge on any atom is -0.391 e. The number of aliphatic hydroxyl groups is 1. The standard InChI is InChI=1S/C15H19N3OS/c19-10-4-3-7-18(8-10)14-13-11-5-1-2-6-12(11)20-15(13)17-9-16-14/h9-10,19H,1-8H2/t10-/m0/s1. The van der Waals surface area contributed by atoms with E-state index in [1.807, 2.05) is 11.3 Å². The van der Waals surface area contributed by atoms with Crippen molar-refractivity contribution in [2.45, 2.75) is 44.6 Å². The number of aromatic nitrogens is 2. The maximum Gasteiger partial charge on any atom is 0.141 e. The van der Waals surface area contributed by atoms with Crippen LogP contribution in [0.15, 0.2) is 6.33 Å². The fraction of sp³-hybridized carbons (Fsp3) is 0.600. The van der Waals surface area contributed by atoms with E-state index in [0.29, 0.717) is 6.54 Å².